The molecule has 7 N–H and O–H groups in total. The minimum atomic E-state index is -1.72. The molecule has 0 rings (SSSR count). The van der Waals surface area contributed by atoms with Gasteiger partial charge >= 0.3 is 12.1 Å². The normalized spacial score (nSPS) is 11.3. The van der Waals surface area contributed by atoms with Crippen LogP contribution in [0.4, 0.5) is 4.79 Å². The first-order valence-electron chi connectivity index (χ1n) is 4.35. The van der Waals surface area contributed by atoms with Crippen molar-refractivity contribution in [2.75, 3.05) is 6.54 Å². The molecule has 0 aliphatic carbocycles. The number of hydrogen-bond acceptors (Lipinski definition) is 6. The first kappa shape index (κ1) is 14.0. The third kappa shape index (κ3) is 7.38. The molecule has 16 heavy (non-hydrogen) atoms. The standard InChI is InChI=1S/C7H14N4O5/c8-4(2-1-3-11-6(9)10)5(12)15-16-7(13)14/h4H,1-3,8H2,(H,13,14)(H4,9,10,11)/t4-/m0/s1. The number of aliphatic imine (C=N–C) groups is 1. The van der Waals surface area contributed by atoms with Crippen LogP contribution in [0.2, 0.25) is 0 Å². The van der Waals surface area contributed by atoms with E-state index >= 15 is 0 Å². The van der Waals surface area contributed by atoms with Gasteiger partial charge in [0.15, 0.2) is 5.96 Å². The molecule has 0 aliphatic rings. The molecule has 0 unspecified atom stereocenters. The molecule has 0 aromatic heterocycles. The van der Waals surface area contributed by atoms with Crippen molar-refractivity contribution >= 4 is 18.1 Å². The van der Waals surface area contributed by atoms with Crippen LogP contribution in [-0.2, 0) is 14.6 Å². The van der Waals surface area contributed by atoms with Crippen LogP contribution in [0.5, 0.6) is 0 Å². The Kier molecular flexibility index (Phi) is 6.36. The third-order valence-electron chi connectivity index (χ3n) is 1.47. The van der Waals surface area contributed by atoms with E-state index in [-0.39, 0.29) is 12.4 Å². The van der Waals surface area contributed by atoms with E-state index in [2.05, 4.69) is 14.8 Å². The monoisotopic (exact) mass is 234 g/mol. The van der Waals surface area contributed by atoms with Gasteiger partial charge in [0.05, 0.1) is 0 Å². The highest BCUT2D eigenvalue weighted by Gasteiger charge is 2.17. The molecule has 0 heterocycles. The number of rotatable bonds is 5. The van der Waals surface area contributed by atoms with E-state index in [1.54, 1.807) is 0 Å². The number of hydrogen-bond donors (Lipinski definition) is 4. The molecule has 0 radical (unpaired) electrons. The number of carbonyl (C=O) groups is 2. The molecule has 92 valence electrons. The van der Waals surface area contributed by atoms with Crippen LogP contribution in [-0.4, -0.2) is 35.8 Å². The summed E-state index contributed by atoms with van der Waals surface area (Å²) in [5.41, 5.74) is 15.5. The summed E-state index contributed by atoms with van der Waals surface area (Å²) in [6, 6.07) is -0.978. The van der Waals surface area contributed by atoms with Gasteiger partial charge in [0, 0.05) is 6.54 Å². The van der Waals surface area contributed by atoms with Crippen LogP contribution >= 0.6 is 0 Å². The Bertz CT molecular complexity index is 276. The topological polar surface area (TPSA) is 163 Å². The van der Waals surface area contributed by atoms with E-state index in [1.165, 1.54) is 0 Å². The molecular weight excluding hydrogens is 220 g/mol. The van der Waals surface area contributed by atoms with Crippen molar-refractivity contribution in [1.82, 2.24) is 0 Å². The zero-order valence-corrected chi connectivity index (χ0v) is 8.46. The summed E-state index contributed by atoms with van der Waals surface area (Å²) in [5, 5.41) is 8.03. The van der Waals surface area contributed by atoms with E-state index in [0.29, 0.717) is 13.0 Å². The lowest BCUT2D eigenvalue weighted by atomic mass is 10.2. The lowest BCUT2D eigenvalue weighted by molar-refractivity contribution is -0.242. The molecule has 0 aromatic rings. The van der Waals surface area contributed by atoms with Gasteiger partial charge in [-0.1, -0.05) is 0 Å². The van der Waals surface area contributed by atoms with Crippen LogP contribution in [0.25, 0.3) is 0 Å². The van der Waals surface area contributed by atoms with Crippen molar-refractivity contribution in [3.63, 3.8) is 0 Å². The number of carbonyl (C=O) groups excluding carboxylic acids is 1. The molecule has 9 heteroatoms. The van der Waals surface area contributed by atoms with Gasteiger partial charge in [-0.05, 0) is 12.8 Å². The number of nitrogens with zero attached hydrogens (tertiary/aromatic N) is 1. The fourth-order valence-electron chi connectivity index (χ4n) is 0.776. The van der Waals surface area contributed by atoms with Gasteiger partial charge in [0.2, 0.25) is 0 Å². The number of nitrogens with two attached hydrogens (primary N) is 3. The highest BCUT2D eigenvalue weighted by atomic mass is 17.2. The van der Waals surface area contributed by atoms with Gasteiger partial charge in [0.1, 0.15) is 6.04 Å². The van der Waals surface area contributed by atoms with E-state index in [4.69, 9.17) is 22.3 Å². The van der Waals surface area contributed by atoms with Crippen molar-refractivity contribution < 1.29 is 24.5 Å². The van der Waals surface area contributed by atoms with Crippen LogP contribution in [0.3, 0.4) is 0 Å². The summed E-state index contributed by atoms with van der Waals surface area (Å²) in [4.78, 5) is 32.0. The summed E-state index contributed by atoms with van der Waals surface area (Å²) in [6.07, 6.45) is -1.01. The van der Waals surface area contributed by atoms with Crippen molar-refractivity contribution in [2.24, 2.45) is 22.2 Å². The predicted octanol–water partition coefficient (Wildman–Crippen LogP) is -1.48. The van der Waals surface area contributed by atoms with Crippen LogP contribution in [0.15, 0.2) is 4.99 Å². The second kappa shape index (κ2) is 7.29. The Morgan fingerprint density at radius 3 is 2.44 bits per heavy atom. The number of guanidine groups is 1. The molecule has 9 nitrogen and oxygen atoms in total. The molecule has 0 fully saturated rings. The van der Waals surface area contributed by atoms with Gasteiger partial charge in [0.25, 0.3) is 0 Å². The smallest absolute Gasteiger partial charge is 0.447 e. The molecule has 1 atom stereocenters. The van der Waals surface area contributed by atoms with E-state index in [9.17, 15) is 9.59 Å². The van der Waals surface area contributed by atoms with Crippen LogP contribution < -0.4 is 17.2 Å². The van der Waals surface area contributed by atoms with Gasteiger partial charge in [-0.2, -0.15) is 0 Å². The summed E-state index contributed by atoms with van der Waals surface area (Å²) < 4.78 is 0. The highest BCUT2D eigenvalue weighted by Crippen LogP contribution is 1.98. The first-order chi connectivity index (χ1) is 7.43. The second-order valence-corrected chi connectivity index (χ2v) is 2.81. The fourth-order valence-corrected chi connectivity index (χ4v) is 0.776. The maximum absolute atomic E-state index is 11.0. The van der Waals surface area contributed by atoms with Crippen molar-refractivity contribution in [3.05, 3.63) is 0 Å². The molecule has 0 aromatic carbocycles. The average molecular weight is 234 g/mol. The lowest BCUT2D eigenvalue weighted by Crippen LogP contribution is -2.33. The van der Waals surface area contributed by atoms with Crippen molar-refractivity contribution in [2.45, 2.75) is 18.9 Å². The fraction of sp³-hybridized carbons (Fsp3) is 0.571. The van der Waals surface area contributed by atoms with E-state index < -0.39 is 18.2 Å². The molecular formula is C7H14N4O5. The lowest BCUT2D eigenvalue weighted by Gasteiger charge is -2.07. The van der Waals surface area contributed by atoms with Crippen LogP contribution in [0, 0.1) is 0 Å². The minimum absolute atomic E-state index is 0.0506. The van der Waals surface area contributed by atoms with Gasteiger partial charge in [-0.3, -0.25) is 4.99 Å². The van der Waals surface area contributed by atoms with Crippen molar-refractivity contribution in [3.8, 4) is 0 Å². The highest BCUT2D eigenvalue weighted by molar-refractivity contribution is 5.76. The summed E-state index contributed by atoms with van der Waals surface area (Å²) in [5.74, 6) is -1.02. The van der Waals surface area contributed by atoms with E-state index in [0.717, 1.165) is 0 Å². The maximum Gasteiger partial charge on any atom is 0.547 e. The Morgan fingerprint density at radius 1 is 1.31 bits per heavy atom. The van der Waals surface area contributed by atoms with Crippen LogP contribution in [0.1, 0.15) is 12.8 Å². The third-order valence-corrected chi connectivity index (χ3v) is 1.47. The molecule has 0 aliphatic heterocycles. The average Bonchev–Trinajstić information content (AvgIpc) is 2.20. The zero-order chi connectivity index (χ0) is 12.6. The Labute approximate surface area is 91.1 Å². The Morgan fingerprint density at radius 2 is 1.94 bits per heavy atom. The number of carboxylic acid groups (broad SMARTS) is 1. The summed E-state index contributed by atoms with van der Waals surface area (Å²) >= 11 is 0. The molecule has 0 bridgehead atoms. The first-order valence-corrected chi connectivity index (χ1v) is 4.35. The van der Waals surface area contributed by atoms with Crippen molar-refractivity contribution in [1.29, 1.82) is 0 Å². The maximum atomic E-state index is 11.0. The van der Waals surface area contributed by atoms with Gasteiger partial charge < -0.3 is 22.3 Å². The Balaban J connectivity index is 3.71. The SMILES string of the molecule is NC(N)=NCCC[C@H](N)C(=O)OOC(=O)O. The molecule has 0 spiro atoms. The molecule has 0 saturated heterocycles. The quantitative estimate of drug-likeness (QED) is 0.147. The second-order valence-electron chi connectivity index (χ2n) is 2.81. The summed E-state index contributed by atoms with van der Waals surface area (Å²) in [7, 11) is 0. The van der Waals surface area contributed by atoms with Gasteiger partial charge in [-0.25, -0.2) is 19.4 Å². The molecule has 0 amide bonds. The zero-order valence-electron chi connectivity index (χ0n) is 8.46. The minimum Gasteiger partial charge on any atom is -0.447 e. The predicted molar refractivity (Wildman–Crippen MR) is 53.1 cm³/mol. The Hall–Kier alpha value is -2.03. The summed E-state index contributed by atoms with van der Waals surface area (Å²) in [6.45, 7) is 0.323. The van der Waals surface area contributed by atoms with E-state index in [1.807, 2.05) is 0 Å². The largest absolute Gasteiger partial charge is 0.547 e. The van der Waals surface area contributed by atoms with Gasteiger partial charge in [-0.15, -0.1) is 0 Å². The molecule has 0 saturated carbocycles.